The Kier molecular flexibility index (Phi) is 6.03. The number of carbonyl (C=O) groups excluding carboxylic acids is 2. The quantitative estimate of drug-likeness (QED) is 0.175. The third kappa shape index (κ3) is 3.68. The summed E-state index contributed by atoms with van der Waals surface area (Å²) >= 11 is 2.78. The number of fused-ring (bicyclic) bond motifs is 5. The van der Waals surface area contributed by atoms with E-state index < -0.39 is 0 Å². The van der Waals surface area contributed by atoms with Crippen LogP contribution in [0.2, 0.25) is 0 Å². The van der Waals surface area contributed by atoms with E-state index in [1.807, 2.05) is 24.3 Å². The number of hydrogen-bond acceptors (Lipinski definition) is 6. The van der Waals surface area contributed by atoms with Crippen LogP contribution in [0, 0.1) is 0 Å². The van der Waals surface area contributed by atoms with Gasteiger partial charge in [0, 0.05) is 88.7 Å². The molecule has 6 aliphatic rings. The second kappa shape index (κ2) is 9.98. The van der Waals surface area contributed by atoms with Crippen molar-refractivity contribution >= 4 is 77.6 Å². The fourth-order valence-corrected chi connectivity index (χ4v) is 12.1. The highest BCUT2D eigenvalue weighted by Gasteiger charge is 2.52. The van der Waals surface area contributed by atoms with Gasteiger partial charge in [-0.1, -0.05) is 47.9 Å². The van der Waals surface area contributed by atoms with E-state index in [1.165, 1.54) is 45.2 Å². The van der Waals surface area contributed by atoms with Crippen LogP contribution in [0.1, 0.15) is 74.3 Å². The predicted molar refractivity (Wildman–Crippen MR) is 195 cm³/mol. The molecule has 248 valence electrons. The molecule has 0 saturated heterocycles. The summed E-state index contributed by atoms with van der Waals surface area (Å²) in [6.45, 7) is 10.5. The lowest BCUT2D eigenvalue weighted by Gasteiger charge is -2.34. The molecule has 0 bridgehead atoms. The van der Waals surface area contributed by atoms with Crippen molar-refractivity contribution in [3.8, 4) is 0 Å². The van der Waals surface area contributed by atoms with Crippen LogP contribution in [0.15, 0.2) is 94.5 Å². The third-order valence-corrected chi connectivity index (χ3v) is 14.1. The van der Waals surface area contributed by atoms with Crippen molar-refractivity contribution in [3.63, 3.8) is 0 Å². The van der Waals surface area contributed by atoms with Crippen LogP contribution in [0.5, 0.6) is 0 Å². The average molecular weight is 695 g/mol. The Morgan fingerprint density at radius 1 is 0.600 bits per heavy atom. The second-order valence-corrected chi connectivity index (χ2v) is 17.4. The van der Waals surface area contributed by atoms with Crippen molar-refractivity contribution in [2.24, 2.45) is 0 Å². The molecule has 6 heterocycles. The number of Topliss-reactive ketones (excluding diaryl/α,β-unsaturated/α-hetero) is 2. The van der Waals surface area contributed by atoms with Crippen LogP contribution in [-0.2, 0) is 20.4 Å². The molecule has 0 N–H and O–H groups in total. The van der Waals surface area contributed by atoms with E-state index >= 15 is 0 Å². The zero-order valence-electron chi connectivity index (χ0n) is 28.4. The standard InChI is InChI=1S/C42H34N2O4S2/c1-41(2)23-13-5-7-15-25(23)43-17-9-11-21(39(41)43)31-35(45)33(36(31)46)29-19-27-28(49-29)20-30(50-27)34-37(47)32(38(34)48)22-12-10-18-44-26-16-8-6-14-24(26)42(3,4)40(22)44/h5-8,13-16,19-20H,9-12,17-18H2,1-4H3. The molecule has 0 saturated carbocycles. The molecular weight excluding hydrogens is 661 g/mol. The van der Waals surface area contributed by atoms with Crippen LogP contribution in [0.25, 0.3) is 20.5 Å². The molecule has 0 unspecified atom stereocenters. The van der Waals surface area contributed by atoms with E-state index in [-0.39, 0.29) is 45.1 Å². The minimum Gasteiger partial charge on any atom is -0.871 e. The van der Waals surface area contributed by atoms with E-state index in [9.17, 15) is 19.8 Å². The Morgan fingerprint density at radius 2 is 1.00 bits per heavy atom. The van der Waals surface area contributed by atoms with Gasteiger partial charge in [0.05, 0.1) is 10.8 Å². The molecule has 2 aliphatic carbocycles. The van der Waals surface area contributed by atoms with Gasteiger partial charge >= 0.3 is 0 Å². The average Bonchev–Trinajstić information content (AvgIpc) is 3.79. The maximum Gasteiger partial charge on any atom is 0.209 e. The fraction of sp³-hybridized carbons (Fsp3) is 0.286. The molecular formula is C42H34N2O4S2. The molecule has 6 nitrogen and oxygen atoms in total. The summed E-state index contributed by atoms with van der Waals surface area (Å²) in [7, 11) is 0. The summed E-state index contributed by atoms with van der Waals surface area (Å²) in [5.41, 5.74) is 9.33. The molecule has 4 aromatic rings. The number of hydrogen-bond donors (Lipinski definition) is 0. The van der Waals surface area contributed by atoms with Gasteiger partial charge in [0.1, 0.15) is 13.1 Å². The number of para-hydroxylation sites is 2. The first-order valence-corrected chi connectivity index (χ1v) is 19.1. The van der Waals surface area contributed by atoms with Crippen LogP contribution in [0.4, 0.5) is 11.4 Å². The fourth-order valence-electron chi connectivity index (χ4n) is 9.61. The summed E-state index contributed by atoms with van der Waals surface area (Å²) in [6, 6.07) is 20.5. The Balaban J connectivity index is 0.996. The highest BCUT2D eigenvalue weighted by Crippen LogP contribution is 2.51. The number of nitrogens with zero attached hydrogens (tertiary/aromatic N) is 2. The molecule has 4 aliphatic heterocycles. The van der Waals surface area contributed by atoms with E-state index in [4.69, 9.17) is 0 Å². The molecule has 10 rings (SSSR count). The zero-order chi connectivity index (χ0) is 34.4. The monoisotopic (exact) mass is 694 g/mol. The van der Waals surface area contributed by atoms with E-state index in [2.05, 4.69) is 73.2 Å². The number of benzene rings is 2. The van der Waals surface area contributed by atoms with E-state index in [1.54, 1.807) is 0 Å². The molecule has 0 atom stereocenters. The van der Waals surface area contributed by atoms with Gasteiger partial charge in [0.15, 0.2) is 23.0 Å². The van der Waals surface area contributed by atoms with Crippen LogP contribution in [-0.4, -0.2) is 45.2 Å². The van der Waals surface area contributed by atoms with Crippen molar-refractivity contribution in [1.82, 2.24) is 0 Å². The van der Waals surface area contributed by atoms with E-state index in [0.717, 1.165) is 57.9 Å². The van der Waals surface area contributed by atoms with Gasteiger partial charge in [-0.3, -0.25) is 9.59 Å². The zero-order valence-corrected chi connectivity index (χ0v) is 30.0. The lowest BCUT2D eigenvalue weighted by atomic mass is 9.73. The minimum atomic E-state index is -0.297. The number of thiophene rings is 2. The molecule has 2 aromatic carbocycles. The SMILES string of the molecule is CC1(C)C2=[N+](CCC/C2=C2/C(=O)C(c3cc4sc(C5=C([O-])/C(=C6\CCC[N+]7=C6C(C)(C)c6ccccc67)C5=O)cc4s3)=C2[O-])c2ccccc21. The number of rotatable bonds is 2. The Bertz CT molecular complexity index is 2340. The maximum atomic E-state index is 13.8. The van der Waals surface area contributed by atoms with Crippen molar-refractivity contribution in [2.45, 2.75) is 64.2 Å². The smallest absolute Gasteiger partial charge is 0.209 e. The minimum absolute atomic E-state index is 0.175. The van der Waals surface area contributed by atoms with E-state index in [0.29, 0.717) is 33.7 Å². The Morgan fingerprint density at radius 3 is 1.40 bits per heavy atom. The van der Waals surface area contributed by atoms with Gasteiger partial charge in [-0.15, -0.1) is 22.7 Å². The van der Waals surface area contributed by atoms with Gasteiger partial charge in [0.2, 0.25) is 11.4 Å². The van der Waals surface area contributed by atoms with Crippen molar-refractivity contribution in [2.75, 3.05) is 13.1 Å². The summed E-state index contributed by atoms with van der Waals surface area (Å²) in [5.74, 6) is -0.699. The van der Waals surface area contributed by atoms with Gasteiger partial charge in [-0.2, -0.15) is 9.15 Å². The summed E-state index contributed by atoms with van der Waals surface area (Å²) in [4.78, 5) is 28.9. The lowest BCUT2D eigenvalue weighted by molar-refractivity contribution is -0.442. The Hall–Kier alpha value is -4.66. The molecule has 0 spiro atoms. The van der Waals surface area contributed by atoms with Crippen LogP contribution in [0.3, 0.4) is 0 Å². The molecule has 8 heteroatoms. The number of carbonyl (C=O) groups is 2. The molecule has 2 aromatic heterocycles. The summed E-state index contributed by atoms with van der Waals surface area (Å²) in [6.07, 6.45) is 3.20. The Labute approximate surface area is 298 Å². The topological polar surface area (TPSA) is 86.3 Å². The second-order valence-electron chi connectivity index (χ2n) is 15.2. The third-order valence-electron chi connectivity index (χ3n) is 11.8. The van der Waals surface area contributed by atoms with Crippen LogP contribution < -0.4 is 10.2 Å². The van der Waals surface area contributed by atoms with Gasteiger partial charge < -0.3 is 10.2 Å². The van der Waals surface area contributed by atoms with Gasteiger partial charge in [-0.05, 0) is 52.7 Å². The normalized spacial score (nSPS) is 24.9. The predicted octanol–water partition coefficient (Wildman–Crippen LogP) is 6.60. The molecule has 0 radical (unpaired) electrons. The molecule has 0 fully saturated rings. The van der Waals surface area contributed by atoms with Crippen LogP contribution >= 0.6 is 22.7 Å². The number of allylic oxidation sites excluding steroid dienone is 6. The van der Waals surface area contributed by atoms with Gasteiger partial charge in [0.25, 0.3) is 0 Å². The maximum absolute atomic E-state index is 13.8. The first-order valence-electron chi connectivity index (χ1n) is 17.4. The van der Waals surface area contributed by atoms with Gasteiger partial charge in [-0.25, -0.2) is 0 Å². The van der Waals surface area contributed by atoms with Crippen molar-refractivity contribution in [3.05, 3.63) is 115 Å². The lowest BCUT2D eigenvalue weighted by Crippen LogP contribution is -2.39. The summed E-state index contributed by atoms with van der Waals surface area (Å²) < 4.78 is 6.36. The summed E-state index contributed by atoms with van der Waals surface area (Å²) in [5, 5.41) is 27.6. The largest absolute Gasteiger partial charge is 0.871 e. The number of ketones is 2. The first-order chi connectivity index (χ1) is 24.0. The van der Waals surface area contributed by atoms with Crippen molar-refractivity contribution < 1.29 is 29.0 Å². The molecule has 0 amide bonds. The highest BCUT2D eigenvalue weighted by molar-refractivity contribution is 7.29. The molecule has 50 heavy (non-hydrogen) atoms. The highest BCUT2D eigenvalue weighted by atomic mass is 32.1. The van der Waals surface area contributed by atoms with Crippen molar-refractivity contribution in [1.29, 1.82) is 0 Å². The first kappa shape index (κ1) is 30.2.